The van der Waals surface area contributed by atoms with Crippen molar-refractivity contribution in [3.63, 3.8) is 0 Å². The van der Waals surface area contributed by atoms with Crippen molar-refractivity contribution in [3.05, 3.63) is 45.4 Å². The molecule has 1 aromatic carbocycles. The quantitative estimate of drug-likeness (QED) is 0.191. The topological polar surface area (TPSA) is 95.5 Å². The Morgan fingerprint density at radius 2 is 2.07 bits per heavy atom. The first-order chi connectivity index (χ1) is 12.9. The lowest BCUT2D eigenvalue weighted by atomic mass is 10.3. The van der Waals surface area contributed by atoms with Crippen LogP contribution in [-0.4, -0.2) is 45.5 Å². The first-order valence-electron chi connectivity index (χ1n) is 8.59. The Morgan fingerprint density at radius 3 is 2.71 bits per heavy atom. The molecule has 0 amide bonds. The van der Waals surface area contributed by atoms with Gasteiger partial charge in [-0.05, 0) is 32.0 Å². The number of guanidine groups is 1. The molecule has 2 aromatic rings. The van der Waals surface area contributed by atoms with Crippen molar-refractivity contribution < 1.29 is 8.42 Å². The van der Waals surface area contributed by atoms with Gasteiger partial charge in [0, 0.05) is 36.5 Å². The van der Waals surface area contributed by atoms with Gasteiger partial charge in [0.1, 0.15) is 0 Å². The number of aromatic nitrogens is 1. The van der Waals surface area contributed by atoms with Crippen molar-refractivity contribution in [2.75, 3.05) is 26.2 Å². The summed E-state index contributed by atoms with van der Waals surface area (Å²) in [6.45, 7) is 5.88. The minimum absolute atomic E-state index is 0. The van der Waals surface area contributed by atoms with Crippen LogP contribution in [0.5, 0.6) is 0 Å². The van der Waals surface area contributed by atoms with E-state index < -0.39 is 10.0 Å². The number of aryl methyl sites for hydroxylation is 1. The number of aliphatic imine (C=N–C) groups is 1. The monoisotopic (exact) mass is 557 g/mol. The van der Waals surface area contributed by atoms with Crippen molar-refractivity contribution in [1.29, 1.82) is 0 Å². The van der Waals surface area contributed by atoms with Crippen molar-refractivity contribution in [3.8, 4) is 0 Å². The zero-order valence-corrected chi connectivity index (χ0v) is 20.5. The largest absolute Gasteiger partial charge is 0.357 e. The standard InChI is InChI=1S/C17H24ClN5O2S2.HI/c1-3-19-17(20-8-7-15-12-26-13(2)23-15)21-9-10-22-27(24,25)16-6-4-5-14(18)11-16;/h4-6,11-12,22H,3,7-10H2,1-2H3,(H2,19,20,21);1H. The molecule has 0 radical (unpaired) electrons. The highest BCUT2D eigenvalue weighted by Crippen LogP contribution is 2.14. The van der Waals surface area contributed by atoms with E-state index >= 15 is 0 Å². The maximum Gasteiger partial charge on any atom is 0.240 e. The molecular formula is C17H25ClIN5O2S2. The molecule has 0 aliphatic carbocycles. The second-order valence-electron chi connectivity index (χ2n) is 5.65. The summed E-state index contributed by atoms with van der Waals surface area (Å²) in [6, 6.07) is 6.15. The van der Waals surface area contributed by atoms with Crippen LogP contribution in [0, 0.1) is 6.92 Å². The fraction of sp³-hybridized carbons (Fsp3) is 0.412. The maximum absolute atomic E-state index is 12.2. The van der Waals surface area contributed by atoms with Crippen molar-refractivity contribution >= 4 is 62.9 Å². The smallest absolute Gasteiger partial charge is 0.240 e. The summed E-state index contributed by atoms with van der Waals surface area (Å²) in [5.41, 5.74) is 1.05. The third-order valence-electron chi connectivity index (χ3n) is 3.46. The van der Waals surface area contributed by atoms with Crippen molar-refractivity contribution in [2.24, 2.45) is 4.99 Å². The summed E-state index contributed by atoms with van der Waals surface area (Å²) >= 11 is 7.48. The van der Waals surface area contributed by atoms with Gasteiger partial charge >= 0.3 is 0 Å². The molecule has 0 aliphatic rings. The minimum Gasteiger partial charge on any atom is -0.357 e. The number of sulfonamides is 1. The fourth-order valence-corrected chi connectivity index (χ4v) is 4.21. The molecule has 0 fully saturated rings. The van der Waals surface area contributed by atoms with Crippen LogP contribution in [0.3, 0.4) is 0 Å². The molecule has 0 aliphatic heterocycles. The van der Waals surface area contributed by atoms with Gasteiger partial charge in [0.15, 0.2) is 5.96 Å². The number of hydrogen-bond donors (Lipinski definition) is 3. The van der Waals surface area contributed by atoms with E-state index in [-0.39, 0.29) is 35.4 Å². The number of halogens is 2. The Hall–Kier alpha value is -0.950. The van der Waals surface area contributed by atoms with E-state index in [1.165, 1.54) is 12.1 Å². The van der Waals surface area contributed by atoms with Gasteiger partial charge in [0.2, 0.25) is 10.0 Å². The summed E-state index contributed by atoms with van der Waals surface area (Å²) in [6.07, 6.45) is 0.802. The summed E-state index contributed by atoms with van der Waals surface area (Å²) < 4.78 is 27.0. The van der Waals surface area contributed by atoms with E-state index in [1.807, 2.05) is 19.2 Å². The highest BCUT2D eigenvalue weighted by Gasteiger charge is 2.13. The van der Waals surface area contributed by atoms with Crippen LogP contribution in [0.15, 0.2) is 39.5 Å². The average molecular weight is 558 g/mol. The molecule has 0 atom stereocenters. The molecule has 0 saturated heterocycles. The SMILES string of the molecule is CCNC(=NCCNS(=O)(=O)c1cccc(Cl)c1)NCCc1csc(C)n1.I. The molecule has 11 heteroatoms. The average Bonchev–Trinajstić information content (AvgIpc) is 3.04. The maximum atomic E-state index is 12.2. The third-order valence-corrected chi connectivity index (χ3v) is 5.98. The molecule has 0 saturated carbocycles. The van der Waals surface area contributed by atoms with Crippen LogP contribution in [0.1, 0.15) is 17.6 Å². The summed E-state index contributed by atoms with van der Waals surface area (Å²) in [4.78, 5) is 8.95. The van der Waals surface area contributed by atoms with E-state index in [0.29, 0.717) is 24.1 Å². The number of hydrogen-bond acceptors (Lipinski definition) is 5. The molecular weight excluding hydrogens is 533 g/mol. The van der Waals surface area contributed by atoms with Crippen LogP contribution < -0.4 is 15.4 Å². The first kappa shape index (κ1) is 25.1. The predicted molar refractivity (Wildman–Crippen MR) is 127 cm³/mol. The van der Waals surface area contributed by atoms with Gasteiger partial charge in [-0.2, -0.15) is 0 Å². The molecule has 3 N–H and O–H groups in total. The zero-order chi connectivity index (χ0) is 19.7. The van der Waals surface area contributed by atoms with Gasteiger partial charge < -0.3 is 10.6 Å². The molecule has 28 heavy (non-hydrogen) atoms. The minimum atomic E-state index is -3.60. The van der Waals surface area contributed by atoms with E-state index in [1.54, 1.807) is 23.5 Å². The normalized spacial score (nSPS) is 11.8. The van der Waals surface area contributed by atoms with Gasteiger partial charge in [0.25, 0.3) is 0 Å². The van der Waals surface area contributed by atoms with Gasteiger partial charge in [0.05, 0.1) is 22.1 Å². The number of nitrogens with zero attached hydrogens (tertiary/aromatic N) is 2. The Bertz CT molecular complexity index is 874. The van der Waals surface area contributed by atoms with Crippen LogP contribution in [0.2, 0.25) is 5.02 Å². The Labute approximate surface area is 192 Å². The van der Waals surface area contributed by atoms with E-state index in [4.69, 9.17) is 11.6 Å². The van der Waals surface area contributed by atoms with Gasteiger partial charge in [-0.25, -0.2) is 18.1 Å². The van der Waals surface area contributed by atoms with Crippen LogP contribution in [-0.2, 0) is 16.4 Å². The fourth-order valence-electron chi connectivity index (χ4n) is 2.24. The summed E-state index contributed by atoms with van der Waals surface area (Å²) in [7, 11) is -3.60. The van der Waals surface area contributed by atoms with Crippen molar-refractivity contribution in [2.45, 2.75) is 25.2 Å². The lowest BCUT2D eigenvalue weighted by Gasteiger charge is -2.11. The first-order valence-corrected chi connectivity index (χ1v) is 11.3. The predicted octanol–water partition coefficient (Wildman–Crippen LogP) is 2.80. The highest BCUT2D eigenvalue weighted by molar-refractivity contribution is 14.0. The van der Waals surface area contributed by atoms with E-state index in [2.05, 4.69) is 25.3 Å². The summed E-state index contributed by atoms with van der Waals surface area (Å²) in [5.74, 6) is 0.645. The second kappa shape index (κ2) is 12.6. The molecule has 1 aromatic heterocycles. The zero-order valence-electron chi connectivity index (χ0n) is 15.7. The molecule has 156 valence electrons. The number of benzene rings is 1. The van der Waals surface area contributed by atoms with E-state index in [0.717, 1.165) is 23.7 Å². The Balaban J connectivity index is 0.00000392. The summed E-state index contributed by atoms with van der Waals surface area (Å²) in [5, 5.41) is 9.84. The molecule has 2 rings (SSSR count). The van der Waals surface area contributed by atoms with Gasteiger partial charge in [-0.1, -0.05) is 17.7 Å². The lowest BCUT2D eigenvalue weighted by Crippen LogP contribution is -2.39. The van der Waals surface area contributed by atoms with Crippen LogP contribution in [0.4, 0.5) is 0 Å². The van der Waals surface area contributed by atoms with Gasteiger partial charge in [-0.15, -0.1) is 35.3 Å². The van der Waals surface area contributed by atoms with Crippen LogP contribution in [0.25, 0.3) is 0 Å². The number of nitrogens with one attached hydrogen (secondary N) is 3. The molecule has 0 bridgehead atoms. The lowest BCUT2D eigenvalue weighted by molar-refractivity contribution is 0.582. The molecule has 0 unspecified atom stereocenters. The van der Waals surface area contributed by atoms with Gasteiger partial charge in [-0.3, -0.25) is 4.99 Å². The highest BCUT2D eigenvalue weighted by atomic mass is 127. The number of thiazole rings is 1. The third kappa shape index (κ3) is 8.60. The molecule has 0 spiro atoms. The van der Waals surface area contributed by atoms with Crippen LogP contribution >= 0.6 is 46.9 Å². The number of rotatable bonds is 9. The second-order valence-corrected chi connectivity index (χ2v) is 8.92. The Kier molecular flexibility index (Phi) is 11.3. The van der Waals surface area contributed by atoms with Crippen molar-refractivity contribution in [1.82, 2.24) is 20.3 Å². The molecule has 7 nitrogen and oxygen atoms in total. The Morgan fingerprint density at radius 1 is 1.29 bits per heavy atom. The molecule has 1 heterocycles. The van der Waals surface area contributed by atoms with E-state index in [9.17, 15) is 8.42 Å².